The van der Waals surface area contributed by atoms with Crippen molar-refractivity contribution in [2.75, 3.05) is 86.7 Å². The molecule has 8 heteroatoms. The van der Waals surface area contributed by atoms with Crippen LogP contribution in [0.15, 0.2) is 4.99 Å². The number of ether oxygens (including phenoxy) is 1. The summed E-state index contributed by atoms with van der Waals surface area (Å²) in [6.45, 7) is 11.2. The van der Waals surface area contributed by atoms with Gasteiger partial charge in [-0.05, 0) is 39.8 Å². The van der Waals surface area contributed by atoms with Crippen molar-refractivity contribution in [3.63, 3.8) is 0 Å². The van der Waals surface area contributed by atoms with Gasteiger partial charge >= 0.3 is 0 Å². The molecular weight excluding hydrogens is 356 g/mol. The van der Waals surface area contributed by atoms with Crippen LogP contribution in [0.4, 0.5) is 0 Å². The lowest BCUT2D eigenvalue weighted by molar-refractivity contribution is -0.135. The van der Waals surface area contributed by atoms with Gasteiger partial charge in [0.1, 0.15) is 0 Å². The summed E-state index contributed by atoms with van der Waals surface area (Å²) < 4.78 is 5.11. The molecule has 1 N–H and O–H groups in total. The fraction of sp³-hybridized carbons (Fsp3) is 0.900. The third-order valence-corrected chi connectivity index (χ3v) is 5.83. The highest BCUT2D eigenvalue weighted by Crippen LogP contribution is 2.14. The third-order valence-electron chi connectivity index (χ3n) is 5.83. The Hall–Kier alpha value is -1.38. The summed E-state index contributed by atoms with van der Waals surface area (Å²) in [5.41, 5.74) is 0. The first kappa shape index (κ1) is 22.9. The first-order valence-corrected chi connectivity index (χ1v) is 10.7. The summed E-state index contributed by atoms with van der Waals surface area (Å²) in [6.07, 6.45) is 3.37. The van der Waals surface area contributed by atoms with E-state index >= 15 is 0 Å². The molecule has 0 saturated carbocycles. The van der Waals surface area contributed by atoms with Crippen molar-refractivity contribution in [3.8, 4) is 0 Å². The Balaban J connectivity index is 1.68. The fourth-order valence-corrected chi connectivity index (χ4v) is 3.92. The molecule has 0 aromatic carbocycles. The minimum absolute atomic E-state index is 0.0159. The van der Waals surface area contributed by atoms with E-state index in [-0.39, 0.29) is 6.04 Å². The van der Waals surface area contributed by atoms with E-state index in [1.807, 2.05) is 11.9 Å². The number of nitrogens with one attached hydrogen (secondary N) is 1. The van der Waals surface area contributed by atoms with Crippen molar-refractivity contribution in [2.45, 2.75) is 32.2 Å². The Morgan fingerprint density at radius 2 is 1.79 bits per heavy atom. The van der Waals surface area contributed by atoms with Crippen LogP contribution in [0.5, 0.6) is 0 Å². The monoisotopic (exact) mass is 396 g/mol. The van der Waals surface area contributed by atoms with E-state index in [4.69, 9.17) is 4.74 Å². The van der Waals surface area contributed by atoms with Crippen LogP contribution in [0.3, 0.4) is 0 Å². The number of guanidine groups is 1. The molecule has 0 radical (unpaired) electrons. The summed E-state index contributed by atoms with van der Waals surface area (Å²) in [5.74, 6) is 1.27. The lowest BCUT2D eigenvalue weighted by Gasteiger charge is -2.39. The number of methoxy groups -OCH3 is 1. The van der Waals surface area contributed by atoms with Crippen LogP contribution in [-0.4, -0.2) is 124 Å². The zero-order valence-electron chi connectivity index (χ0n) is 18.3. The standard InChI is InChI=1S/C20H40N6O2/c1-18(19(27)25-10-5-6-11-25)24-12-14-26(15-13-24)20(21-2)22-8-7-9-23(3)16-17-28-4/h18H,5-17H2,1-4H3,(H,21,22). The van der Waals surface area contributed by atoms with E-state index in [0.29, 0.717) is 5.91 Å². The molecule has 162 valence electrons. The Morgan fingerprint density at radius 1 is 1.11 bits per heavy atom. The molecular formula is C20H40N6O2. The van der Waals surface area contributed by atoms with E-state index in [9.17, 15) is 4.79 Å². The minimum Gasteiger partial charge on any atom is -0.383 e. The van der Waals surface area contributed by atoms with E-state index < -0.39 is 0 Å². The van der Waals surface area contributed by atoms with Crippen LogP contribution in [0.25, 0.3) is 0 Å². The molecule has 0 bridgehead atoms. The van der Waals surface area contributed by atoms with Crippen molar-refractivity contribution in [1.29, 1.82) is 0 Å². The molecule has 2 rings (SSSR count). The van der Waals surface area contributed by atoms with Gasteiger partial charge in [-0.15, -0.1) is 0 Å². The third kappa shape index (κ3) is 6.90. The van der Waals surface area contributed by atoms with Crippen molar-refractivity contribution in [2.24, 2.45) is 4.99 Å². The Kier molecular flexibility index (Phi) is 10.0. The predicted octanol–water partition coefficient (Wildman–Crippen LogP) is 0.159. The summed E-state index contributed by atoms with van der Waals surface area (Å²) in [4.78, 5) is 26.0. The van der Waals surface area contributed by atoms with Gasteiger partial charge in [-0.3, -0.25) is 14.7 Å². The minimum atomic E-state index is -0.0159. The number of hydrogen-bond donors (Lipinski definition) is 1. The topological polar surface area (TPSA) is 63.7 Å². The van der Waals surface area contributed by atoms with Crippen LogP contribution < -0.4 is 5.32 Å². The van der Waals surface area contributed by atoms with Gasteiger partial charge in [0.15, 0.2) is 5.96 Å². The van der Waals surface area contributed by atoms with Gasteiger partial charge in [0, 0.05) is 66.5 Å². The molecule has 8 nitrogen and oxygen atoms in total. The number of aliphatic imine (C=N–C) groups is 1. The molecule has 2 saturated heterocycles. The quantitative estimate of drug-likeness (QED) is 0.340. The van der Waals surface area contributed by atoms with E-state index in [0.717, 1.165) is 90.7 Å². The maximum Gasteiger partial charge on any atom is 0.239 e. The maximum atomic E-state index is 12.6. The summed E-state index contributed by atoms with van der Waals surface area (Å²) in [7, 11) is 5.71. The second kappa shape index (κ2) is 12.2. The molecule has 1 unspecified atom stereocenters. The van der Waals surface area contributed by atoms with Crippen molar-refractivity contribution in [3.05, 3.63) is 0 Å². The van der Waals surface area contributed by atoms with Gasteiger partial charge in [-0.25, -0.2) is 0 Å². The smallest absolute Gasteiger partial charge is 0.239 e. The molecule has 0 aromatic rings. The largest absolute Gasteiger partial charge is 0.383 e. The average Bonchev–Trinajstić information content (AvgIpc) is 3.26. The molecule has 0 aliphatic carbocycles. The number of carbonyl (C=O) groups excluding carboxylic acids is 1. The highest BCUT2D eigenvalue weighted by atomic mass is 16.5. The summed E-state index contributed by atoms with van der Waals surface area (Å²) in [6, 6.07) is -0.0159. The molecule has 2 heterocycles. The Bertz CT molecular complexity index is 487. The Morgan fingerprint density at radius 3 is 2.39 bits per heavy atom. The molecule has 0 spiro atoms. The molecule has 2 fully saturated rings. The van der Waals surface area contributed by atoms with E-state index in [1.54, 1.807) is 7.11 Å². The summed E-state index contributed by atoms with van der Waals surface area (Å²) >= 11 is 0. The molecule has 1 atom stereocenters. The van der Waals surface area contributed by atoms with Crippen LogP contribution >= 0.6 is 0 Å². The molecule has 28 heavy (non-hydrogen) atoms. The number of likely N-dealkylation sites (tertiary alicyclic amines) is 1. The SMILES string of the molecule is CN=C(NCCCN(C)CCOC)N1CCN(C(C)C(=O)N2CCCC2)CC1. The highest BCUT2D eigenvalue weighted by molar-refractivity contribution is 5.82. The number of hydrogen-bond acceptors (Lipinski definition) is 5. The second-order valence-corrected chi connectivity index (χ2v) is 7.86. The van der Waals surface area contributed by atoms with Gasteiger partial charge in [-0.2, -0.15) is 0 Å². The normalized spacial score (nSPS) is 20.1. The predicted molar refractivity (Wildman–Crippen MR) is 114 cm³/mol. The number of amides is 1. The fourth-order valence-electron chi connectivity index (χ4n) is 3.92. The van der Waals surface area contributed by atoms with Crippen LogP contribution in [0, 0.1) is 0 Å². The summed E-state index contributed by atoms with van der Waals surface area (Å²) in [5, 5.41) is 3.49. The molecule has 1 amide bonds. The van der Waals surface area contributed by atoms with E-state index in [2.05, 4.69) is 39.0 Å². The van der Waals surface area contributed by atoms with Crippen LogP contribution in [0.2, 0.25) is 0 Å². The Labute approximate surface area is 170 Å². The van der Waals surface area contributed by atoms with Crippen molar-refractivity contribution >= 4 is 11.9 Å². The zero-order valence-corrected chi connectivity index (χ0v) is 18.3. The van der Waals surface area contributed by atoms with Gasteiger partial charge in [0.05, 0.1) is 12.6 Å². The lowest BCUT2D eigenvalue weighted by atomic mass is 10.2. The molecule has 2 aliphatic rings. The number of nitrogens with zero attached hydrogens (tertiary/aromatic N) is 5. The first-order valence-electron chi connectivity index (χ1n) is 10.7. The molecule has 0 aromatic heterocycles. The van der Waals surface area contributed by atoms with Gasteiger partial charge < -0.3 is 24.8 Å². The van der Waals surface area contributed by atoms with Crippen LogP contribution in [0.1, 0.15) is 26.2 Å². The maximum absolute atomic E-state index is 12.6. The number of carbonyl (C=O) groups is 1. The zero-order chi connectivity index (χ0) is 20.4. The molecule has 2 aliphatic heterocycles. The number of rotatable bonds is 9. The van der Waals surface area contributed by atoms with Crippen LogP contribution in [-0.2, 0) is 9.53 Å². The second-order valence-electron chi connectivity index (χ2n) is 7.86. The first-order chi connectivity index (χ1) is 13.6. The van der Waals surface area contributed by atoms with Crippen molar-refractivity contribution < 1.29 is 9.53 Å². The van der Waals surface area contributed by atoms with Gasteiger partial charge in [-0.1, -0.05) is 0 Å². The average molecular weight is 397 g/mol. The number of likely N-dealkylation sites (N-methyl/N-ethyl adjacent to an activating group) is 1. The van der Waals surface area contributed by atoms with Gasteiger partial charge in [0.2, 0.25) is 5.91 Å². The number of piperazine rings is 1. The van der Waals surface area contributed by atoms with Crippen molar-refractivity contribution in [1.82, 2.24) is 24.9 Å². The van der Waals surface area contributed by atoms with E-state index in [1.165, 1.54) is 0 Å². The lowest BCUT2D eigenvalue weighted by Crippen LogP contribution is -2.57. The van der Waals surface area contributed by atoms with Gasteiger partial charge in [0.25, 0.3) is 0 Å². The highest BCUT2D eigenvalue weighted by Gasteiger charge is 2.30.